The normalized spacial score (nSPS) is 10.9. The Morgan fingerprint density at radius 2 is 1.80 bits per heavy atom. The molecule has 0 spiro atoms. The first-order chi connectivity index (χ1) is 9.55. The Balaban J connectivity index is 2.25. The molecule has 0 amide bonds. The summed E-state index contributed by atoms with van der Waals surface area (Å²) in [7, 11) is -0.822. The number of nitrogens with zero attached hydrogens (tertiary/aromatic N) is 2. The Bertz CT molecular complexity index is 686. The lowest BCUT2D eigenvalue weighted by atomic mass is 10.3. The highest BCUT2D eigenvalue weighted by atomic mass is 32.2. The molecular weight excluding hydrogens is 282 g/mol. The van der Waals surface area contributed by atoms with E-state index in [1.54, 1.807) is 12.1 Å². The number of hydrogen-bond acceptors (Lipinski definition) is 6. The van der Waals surface area contributed by atoms with Crippen LogP contribution >= 0.6 is 0 Å². The Morgan fingerprint density at radius 3 is 2.40 bits per heavy atom. The van der Waals surface area contributed by atoms with Gasteiger partial charge in [-0.1, -0.05) is 6.07 Å². The van der Waals surface area contributed by atoms with Crippen molar-refractivity contribution in [1.29, 1.82) is 0 Å². The summed E-state index contributed by atoms with van der Waals surface area (Å²) in [4.78, 5) is 7.74. The predicted molar refractivity (Wildman–Crippen MR) is 72.4 cm³/mol. The highest BCUT2D eigenvalue weighted by Gasteiger charge is 2.15. The molecule has 0 radical (unpaired) electrons. The van der Waals surface area contributed by atoms with Gasteiger partial charge in [-0.2, -0.15) is 0 Å². The van der Waals surface area contributed by atoms with Crippen molar-refractivity contribution >= 4 is 15.7 Å². The molecule has 1 aromatic carbocycles. The van der Waals surface area contributed by atoms with Crippen LogP contribution in [0.15, 0.2) is 41.6 Å². The molecule has 1 aromatic heterocycles. The molecule has 1 N–H and O–H groups in total. The highest BCUT2D eigenvalue weighted by Crippen LogP contribution is 2.19. The van der Waals surface area contributed by atoms with Gasteiger partial charge in [0.15, 0.2) is 0 Å². The topological polar surface area (TPSA) is 90.4 Å². The van der Waals surface area contributed by atoms with Gasteiger partial charge in [-0.3, -0.25) is 4.72 Å². The number of nitrogens with one attached hydrogen (secondary N) is 1. The summed E-state index contributed by atoms with van der Waals surface area (Å²) >= 11 is 0. The van der Waals surface area contributed by atoms with Crippen LogP contribution in [0.25, 0.3) is 0 Å². The maximum absolute atomic E-state index is 12.2. The lowest BCUT2D eigenvalue weighted by Gasteiger charge is -2.08. The number of hydrogen-bond donors (Lipinski definition) is 1. The van der Waals surface area contributed by atoms with Gasteiger partial charge in [-0.05, 0) is 12.1 Å². The van der Waals surface area contributed by atoms with Gasteiger partial charge in [0.2, 0.25) is 0 Å². The minimum Gasteiger partial charge on any atom is -0.497 e. The molecule has 0 bridgehead atoms. The Morgan fingerprint density at radius 1 is 1.10 bits per heavy atom. The standard InChI is InChI=1S/C12H13N3O4S/c1-18-10-4-3-5-11(6-10)20(16,17)15-9-7-13-12(19-2)14-8-9/h3-8,15H,1-2H3. The molecule has 106 valence electrons. The largest absolute Gasteiger partial charge is 0.497 e. The molecule has 0 saturated carbocycles. The van der Waals surface area contributed by atoms with Gasteiger partial charge in [0, 0.05) is 6.07 Å². The van der Waals surface area contributed by atoms with Crippen LogP contribution in [0.4, 0.5) is 5.69 Å². The van der Waals surface area contributed by atoms with E-state index in [0.29, 0.717) is 5.75 Å². The lowest BCUT2D eigenvalue weighted by molar-refractivity contribution is 0.380. The third kappa shape index (κ3) is 3.15. The minimum atomic E-state index is -3.72. The summed E-state index contributed by atoms with van der Waals surface area (Å²) in [6.07, 6.45) is 2.65. The quantitative estimate of drug-likeness (QED) is 0.894. The highest BCUT2D eigenvalue weighted by molar-refractivity contribution is 7.92. The molecule has 0 aliphatic heterocycles. The first kappa shape index (κ1) is 14.1. The number of benzene rings is 1. The molecule has 0 unspecified atom stereocenters. The third-order valence-electron chi connectivity index (χ3n) is 2.41. The minimum absolute atomic E-state index is 0.0904. The fourth-order valence-corrected chi connectivity index (χ4v) is 2.52. The Hall–Kier alpha value is -2.35. The maximum Gasteiger partial charge on any atom is 0.316 e. The summed E-state index contributed by atoms with van der Waals surface area (Å²) in [6.45, 7) is 0. The van der Waals surface area contributed by atoms with Crippen LogP contribution in [0.5, 0.6) is 11.8 Å². The van der Waals surface area contributed by atoms with Crippen molar-refractivity contribution in [3.63, 3.8) is 0 Å². The molecule has 2 aromatic rings. The van der Waals surface area contributed by atoms with Crippen molar-refractivity contribution in [2.45, 2.75) is 4.90 Å². The first-order valence-electron chi connectivity index (χ1n) is 5.58. The fourth-order valence-electron chi connectivity index (χ4n) is 1.46. The van der Waals surface area contributed by atoms with E-state index >= 15 is 0 Å². The lowest BCUT2D eigenvalue weighted by Crippen LogP contribution is -2.13. The number of ether oxygens (including phenoxy) is 2. The summed E-state index contributed by atoms with van der Waals surface area (Å²) in [5.41, 5.74) is 0.244. The zero-order valence-electron chi connectivity index (χ0n) is 10.9. The molecule has 0 aliphatic rings. The molecule has 20 heavy (non-hydrogen) atoms. The SMILES string of the molecule is COc1cccc(S(=O)(=O)Nc2cnc(OC)nc2)c1. The van der Waals surface area contributed by atoms with Gasteiger partial charge in [-0.25, -0.2) is 18.4 Å². The van der Waals surface area contributed by atoms with Crippen LogP contribution in [-0.4, -0.2) is 32.6 Å². The van der Waals surface area contributed by atoms with Crippen LogP contribution in [0.3, 0.4) is 0 Å². The second-order valence-corrected chi connectivity index (χ2v) is 5.43. The zero-order chi connectivity index (χ0) is 14.6. The van der Waals surface area contributed by atoms with Crippen molar-refractivity contribution in [3.05, 3.63) is 36.7 Å². The maximum atomic E-state index is 12.2. The number of rotatable bonds is 5. The van der Waals surface area contributed by atoms with Gasteiger partial charge < -0.3 is 9.47 Å². The molecule has 1 heterocycles. The summed E-state index contributed by atoms with van der Waals surface area (Å²) in [6, 6.07) is 6.31. The predicted octanol–water partition coefficient (Wildman–Crippen LogP) is 1.29. The number of sulfonamides is 1. The molecule has 8 heteroatoms. The molecule has 2 rings (SSSR count). The second-order valence-electron chi connectivity index (χ2n) is 3.74. The molecule has 0 atom stereocenters. The zero-order valence-corrected chi connectivity index (χ0v) is 11.7. The summed E-state index contributed by atoms with van der Waals surface area (Å²) in [5.74, 6) is 0.457. The molecule has 0 saturated heterocycles. The smallest absolute Gasteiger partial charge is 0.316 e. The van der Waals surface area contributed by atoms with Crippen molar-refractivity contribution in [2.24, 2.45) is 0 Å². The molecular formula is C12H13N3O4S. The Kier molecular flexibility index (Phi) is 4.04. The van der Waals surface area contributed by atoms with Crippen molar-refractivity contribution in [1.82, 2.24) is 9.97 Å². The van der Waals surface area contributed by atoms with E-state index < -0.39 is 10.0 Å². The van der Waals surface area contributed by atoms with E-state index in [1.807, 2.05) is 0 Å². The third-order valence-corrected chi connectivity index (χ3v) is 3.79. The monoisotopic (exact) mass is 295 g/mol. The Labute approximate surface area is 116 Å². The molecule has 0 fully saturated rings. The first-order valence-corrected chi connectivity index (χ1v) is 7.06. The van der Waals surface area contributed by atoms with Gasteiger partial charge in [-0.15, -0.1) is 0 Å². The van der Waals surface area contributed by atoms with Crippen LogP contribution in [-0.2, 0) is 10.0 Å². The van der Waals surface area contributed by atoms with Crippen LogP contribution in [0.2, 0.25) is 0 Å². The number of methoxy groups -OCH3 is 2. The average molecular weight is 295 g/mol. The van der Waals surface area contributed by atoms with Crippen molar-refractivity contribution in [2.75, 3.05) is 18.9 Å². The number of anilines is 1. The van der Waals surface area contributed by atoms with Gasteiger partial charge in [0.1, 0.15) is 5.75 Å². The van der Waals surface area contributed by atoms with Crippen LogP contribution in [0.1, 0.15) is 0 Å². The van der Waals surface area contributed by atoms with E-state index in [1.165, 1.54) is 38.7 Å². The van der Waals surface area contributed by atoms with E-state index in [2.05, 4.69) is 14.7 Å². The van der Waals surface area contributed by atoms with Crippen LogP contribution in [0, 0.1) is 0 Å². The van der Waals surface area contributed by atoms with E-state index in [4.69, 9.17) is 9.47 Å². The van der Waals surface area contributed by atoms with Gasteiger partial charge >= 0.3 is 6.01 Å². The van der Waals surface area contributed by atoms with Gasteiger partial charge in [0.05, 0.1) is 37.2 Å². The van der Waals surface area contributed by atoms with Crippen molar-refractivity contribution in [3.8, 4) is 11.8 Å². The fraction of sp³-hybridized carbons (Fsp3) is 0.167. The van der Waals surface area contributed by atoms with Crippen molar-refractivity contribution < 1.29 is 17.9 Å². The molecule has 7 nitrogen and oxygen atoms in total. The van der Waals surface area contributed by atoms with E-state index in [9.17, 15) is 8.42 Å². The van der Waals surface area contributed by atoms with Crippen LogP contribution < -0.4 is 14.2 Å². The average Bonchev–Trinajstić information content (AvgIpc) is 2.48. The summed E-state index contributed by atoms with van der Waals surface area (Å²) < 4.78 is 36.5. The van der Waals surface area contributed by atoms with Gasteiger partial charge in [0.25, 0.3) is 10.0 Å². The summed E-state index contributed by atoms with van der Waals surface area (Å²) in [5, 5.41) is 0. The van der Waals surface area contributed by atoms with E-state index in [-0.39, 0.29) is 16.6 Å². The second kappa shape index (κ2) is 5.74. The van der Waals surface area contributed by atoms with E-state index in [0.717, 1.165) is 0 Å². The molecule has 0 aliphatic carbocycles. The number of aromatic nitrogens is 2.